The first-order valence-electron chi connectivity index (χ1n) is 6.29. The zero-order chi connectivity index (χ0) is 13.4. The van der Waals surface area contributed by atoms with Crippen LogP contribution in [0.1, 0.15) is 19.8 Å². The second kappa shape index (κ2) is 4.42. The summed E-state index contributed by atoms with van der Waals surface area (Å²) in [6, 6.07) is -0.0348. The molecule has 0 bridgehead atoms. The van der Waals surface area contributed by atoms with Crippen LogP contribution in [0.5, 0.6) is 0 Å². The maximum absolute atomic E-state index is 11.9. The second-order valence-electron chi connectivity index (χ2n) is 4.82. The standard InChI is InChI=1S/C12H16N6O/c1-7(12(19)16-8-2-3-8)15-10-11-14-4-5-18(11)6-9(13)17-10/h4-8H,2-3,13H2,1H3,(H,15,17)(H,16,19). The highest BCUT2D eigenvalue weighted by atomic mass is 16.2. The van der Waals surface area contributed by atoms with E-state index >= 15 is 0 Å². The highest BCUT2D eigenvalue weighted by Gasteiger charge is 2.26. The molecule has 2 aromatic heterocycles. The fourth-order valence-electron chi connectivity index (χ4n) is 1.87. The molecule has 1 aliphatic carbocycles. The van der Waals surface area contributed by atoms with Gasteiger partial charge in [0.25, 0.3) is 0 Å². The van der Waals surface area contributed by atoms with E-state index in [0.29, 0.717) is 23.3 Å². The van der Waals surface area contributed by atoms with Gasteiger partial charge in [0.1, 0.15) is 11.9 Å². The van der Waals surface area contributed by atoms with Crippen LogP contribution in [0.3, 0.4) is 0 Å². The Labute approximate surface area is 110 Å². The lowest BCUT2D eigenvalue weighted by atomic mass is 10.3. The lowest BCUT2D eigenvalue weighted by molar-refractivity contribution is -0.121. The van der Waals surface area contributed by atoms with E-state index in [9.17, 15) is 4.79 Å². The first-order chi connectivity index (χ1) is 9.13. The van der Waals surface area contributed by atoms with Gasteiger partial charge in [0.15, 0.2) is 11.5 Å². The molecule has 1 fully saturated rings. The average molecular weight is 260 g/mol. The Morgan fingerprint density at radius 1 is 1.58 bits per heavy atom. The van der Waals surface area contributed by atoms with E-state index in [2.05, 4.69) is 20.6 Å². The van der Waals surface area contributed by atoms with Crippen molar-refractivity contribution in [3.8, 4) is 0 Å². The number of nitrogens with zero attached hydrogens (tertiary/aromatic N) is 3. The number of carbonyl (C=O) groups is 1. The molecule has 19 heavy (non-hydrogen) atoms. The van der Waals surface area contributed by atoms with Gasteiger partial charge < -0.3 is 20.8 Å². The Morgan fingerprint density at radius 2 is 2.37 bits per heavy atom. The van der Waals surface area contributed by atoms with E-state index < -0.39 is 0 Å². The molecule has 4 N–H and O–H groups in total. The first kappa shape index (κ1) is 11.8. The number of hydrogen-bond acceptors (Lipinski definition) is 5. The highest BCUT2D eigenvalue weighted by Crippen LogP contribution is 2.19. The van der Waals surface area contributed by atoms with Gasteiger partial charge in [-0.05, 0) is 19.8 Å². The van der Waals surface area contributed by atoms with Gasteiger partial charge in [-0.3, -0.25) is 4.79 Å². The molecule has 2 heterocycles. The number of imidazole rings is 1. The molecule has 7 nitrogen and oxygen atoms in total. The van der Waals surface area contributed by atoms with Gasteiger partial charge in [0.2, 0.25) is 5.91 Å². The molecule has 0 aliphatic heterocycles. The summed E-state index contributed by atoms with van der Waals surface area (Å²) >= 11 is 0. The first-order valence-corrected chi connectivity index (χ1v) is 6.29. The Kier molecular flexibility index (Phi) is 2.73. The van der Waals surface area contributed by atoms with E-state index in [4.69, 9.17) is 5.73 Å². The molecular formula is C12H16N6O. The minimum atomic E-state index is -0.379. The number of hydrogen-bond donors (Lipinski definition) is 3. The summed E-state index contributed by atoms with van der Waals surface area (Å²) in [6.45, 7) is 1.79. The molecule has 1 saturated carbocycles. The van der Waals surface area contributed by atoms with Crippen molar-refractivity contribution in [2.45, 2.75) is 31.8 Å². The van der Waals surface area contributed by atoms with Crippen LogP contribution >= 0.6 is 0 Å². The van der Waals surface area contributed by atoms with E-state index in [1.165, 1.54) is 0 Å². The van der Waals surface area contributed by atoms with Gasteiger partial charge in [0.05, 0.1) is 6.20 Å². The zero-order valence-electron chi connectivity index (χ0n) is 10.6. The Morgan fingerprint density at radius 3 is 3.11 bits per heavy atom. The third kappa shape index (κ3) is 2.44. The van der Waals surface area contributed by atoms with Crippen LogP contribution in [-0.2, 0) is 4.79 Å². The molecule has 7 heteroatoms. The van der Waals surface area contributed by atoms with E-state index in [0.717, 1.165) is 12.8 Å². The van der Waals surface area contributed by atoms with Crippen molar-refractivity contribution < 1.29 is 4.79 Å². The van der Waals surface area contributed by atoms with E-state index in [1.54, 1.807) is 29.9 Å². The van der Waals surface area contributed by atoms with Crippen molar-refractivity contribution in [2.75, 3.05) is 11.1 Å². The molecule has 1 aliphatic rings. The number of nitrogen functional groups attached to an aromatic ring is 1. The van der Waals surface area contributed by atoms with Crippen LogP contribution in [0.15, 0.2) is 18.6 Å². The second-order valence-corrected chi connectivity index (χ2v) is 4.82. The molecule has 3 rings (SSSR count). The van der Waals surface area contributed by atoms with Crippen LogP contribution in [0.2, 0.25) is 0 Å². The van der Waals surface area contributed by atoms with Crippen molar-refractivity contribution in [1.29, 1.82) is 0 Å². The van der Waals surface area contributed by atoms with E-state index in [1.807, 2.05) is 0 Å². The number of carbonyl (C=O) groups excluding carboxylic acids is 1. The summed E-state index contributed by atoms with van der Waals surface area (Å²) in [5.74, 6) is 0.864. The van der Waals surface area contributed by atoms with Crippen molar-refractivity contribution >= 4 is 23.2 Å². The zero-order valence-corrected chi connectivity index (χ0v) is 10.6. The lowest BCUT2D eigenvalue weighted by Crippen LogP contribution is -2.39. The van der Waals surface area contributed by atoms with Crippen LogP contribution < -0.4 is 16.4 Å². The summed E-state index contributed by atoms with van der Waals surface area (Å²) in [4.78, 5) is 20.3. The van der Waals surface area contributed by atoms with Crippen LogP contribution in [0.25, 0.3) is 5.65 Å². The van der Waals surface area contributed by atoms with Gasteiger partial charge in [-0.15, -0.1) is 0 Å². The third-order valence-electron chi connectivity index (χ3n) is 3.06. The van der Waals surface area contributed by atoms with Crippen LogP contribution in [-0.4, -0.2) is 32.4 Å². The smallest absolute Gasteiger partial charge is 0.242 e. The molecule has 0 radical (unpaired) electrons. The number of nitrogens with one attached hydrogen (secondary N) is 2. The lowest BCUT2D eigenvalue weighted by Gasteiger charge is -2.15. The topological polar surface area (TPSA) is 97.3 Å². The average Bonchev–Trinajstić information content (AvgIpc) is 3.04. The Balaban J connectivity index is 1.79. The molecule has 100 valence electrons. The maximum atomic E-state index is 11.9. The normalized spacial score (nSPS) is 16.3. The number of amides is 1. The Hall–Kier alpha value is -2.31. The van der Waals surface area contributed by atoms with Gasteiger partial charge in [-0.2, -0.15) is 0 Å². The third-order valence-corrected chi connectivity index (χ3v) is 3.06. The fourth-order valence-corrected chi connectivity index (χ4v) is 1.87. The van der Waals surface area contributed by atoms with Gasteiger partial charge in [-0.25, -0.2) is 9.97 Å². The molecule has 0 spiro atoms. The van der Waals surface area contributed by atoms with Gasteiger partial charge >= 0.3 is 0 Å². The monoisotopic (exact) mass is 260 g/mol. The molecular weight excluding hydrogens is 244 g/mol. The summed E-state index contributed by atoms with van der Waals surface area (Å²) in [7, 11) is 0. The van der Waals surface area contributed by atoms with Gasteiger partial charge in [-0.1, -0.05) is 0 Å². The number of aromatic nitrogens is 3. The number of fused-ring (bicyclic) bond motifs is 1. The summed E-state index contributed by atoms with van der Waals surface area (Å²) in [5.41, 5.74) is 6.38. The maximum Gasteiger partial charge on any atom is 0.242 e. The van der Waals surface area contributed by atoms with Crippen molar-refractivity contribution in [3.05, 3.63) is 18.6 Å². The number of anilines is 2. The minimum Gasteiger partial charge on any atom is -0.382 e. The molecule has 1 amide bonds. The van der Waals surface area contributed by atoms with Gasteiger partial charge in [0, 0.05) is 18.4 Å². The predicted molar refractivity (Wildman–Crippen MR) is 71.6 cm³/mol. The summed E-state index contributed by atoms with van der Waals surface area (Å²) in [5, 5.41) is 6.00. The quantitative estimate of drug-likeness (QED) is 0.739. The summed E-state index contributed by atoms with van der Waals surface area (Å²) < 4.78 is 1.77. The molecule has 0 saturated heterocycles. The van der Waals surface area contributed by atoms with Crippen LogP contribution in [0, 0.1) is 0 Å². The van der Waals surface area contributed by atoms with Crippen molar-refractivity contribution in [3.63, 3.8) is 0 Å². The van der Waals surface area contributed by atoms with Crippen molar-refractivity contribution in [2.24, 2.45) is 0 Å². The predicted octanol–water partition coefficient (Wildman–Crippen LogP) is 0.390. The molecule has 1 unspecified atom stereocenters. The highest BCUT2D eigenvalue weighted by molar-refractivity contribution is 5.85. The minimum absolute atomic E-state index is 0.0311. The molecule has 1 atom stereocenters. The number of rotatable bonds is 4. The Bertz CT molecular complexity index is 618. The largest absolute Gasteiger partial charge is 0.382 e. The molecule has 0 aromatic carbocycles. The number of nitrogens with two attached hydrogens (primary N) is 1. The molecule has 2 aromatic rings. The SMILES string of the molecule is CC(Nc1nc(N)cn2ccnc12)C(=O)NC1CC1. The van der Waals surface area contributed by atoms with E-state index in [-0.39, 0.29) is 11.9 Å². The van der Waals surface area contributed by atoms with Crippen molar-refractivity contribution in [1.82, 2.24) is 19.7 Å². The summed E-state index contributed by atoms with van der Waals surface area (Å²) in [6.07, 6.45) is 7.27. The fraction of sp³-hybridized carbons (Fsp3) is 0.417. The van der Waals surface area contributed by atoms with Crippen LogP contribution in [0.4, 0.5) is 11.6 Å².